The van der Waals surface area contributed by atoms with Crippen molar-refractivity contribution < 1.29 is 22.4 Å². The number of nitrogens with zero attached hydrogens (tertiary/aromatic N) is 2. The molecule has 1 atom stereocenters. The van der Waals surface area contributed by atoms with Gasteiger partial charge in [0.05, 0.1) is 10.9 Å². The zero-order valence-corrected chi connectivity index (χ0v) is 18.2. The smallest absolute Gasteiger partial charge is 0.322 e. The molecule has 162 valence electrons. The summed E-state index contributed by atoms with van der Waals surface area (Å²) < 4.78 is 38.6. The van der Waals surface area contributed by atoms with Gasteiger partial charge >= 0.3 is 6.03 Å². The van der Waals surface area contributed by atoms with Crippen LogP contribution in [0.15, 0.2) is 40.6 Å². The van der Waals surface area contributed by atoms with E-state index in [1.165, 1.54) is 49.3 Å². The van der Waals surface area contributed by atoms with Crippen LogP contribution in [-0.2, 0) is 14.8 Å². The summed E-state index contributed by atoms with van der Waals surface area (Å²) in [7, 11) is -0.673. The van der Waals surface area contributed by atoms with Crippen LogP contribution < -0.4 is 10.6 Å². The number of sulfonamides is 1. The molecule has 2 aromatic rings. The minimum absolute atomic E-state index is 0.137. The maximum atomic E-state index is 13.0. The number of nitrogens with one attached hydrogen (secondary N) is 2. The predicted octanol–water partition coefficient (Wildman–Crippen LogP) is 3.02. The third kappa shape index (κ3) is 5.15. The summed E-state index contributed by atoms with van der Waals surface area (Å²) in [4.78, 5) is 26.7. The minimum Gasteiger partial charge on any atom is -0.326 e. The third-order valence-electron chi connectivity index (χ3n) is 4.74. The van der Waals surface area contributed by atoms with Gasteiger partial charge in [-0.2, -0.15) is 0 Å². The molecule has 2 N–H and O–H groups in total. The fourth-order valence-corrected chi connectivity index (χ4v) is 5.41. The number of piperidine rings is 1. The summed E-state index contributed by atoms with van der Waals surface area (Å²) in [6.07, 6.45) is 1.31. The van der Waals surface area contributed by atoms with Crippen molar-refractivity contribution in [1.29, 1.82) is 0 Å². The molecule has 0 aliphatic carbocycles. The molecule has 0 bridgehead atoms. The van der Waals surface area contributed by atoms with E-state index in [2.05, 4.69) is 10.6 Å². The van der Waals surface area contributed by atoms with Gasteiger partial charge in [-0.3, -0.25) is 10.1 Å². The zero-order chi connectivity index (χ0) is 21.9. The van der Waals surface area contributed by atoms with E-state index in [0.29, 0.717) is 30.1 Å². The first kappa shape index (κ1) is 22.2. The highest BCUT2D eigenvalue weighted by molar-refractivity contribution is 7.91. The van der Waals surface area contributed by atoms with Gasteiger partial charge in [-0.25, -0.2) is 21.9 Å². The lowest BCUT2D eigenvalue weighted by molar-refractivity contribution is -0.121. The number of thiophene rings is 1. The van der Waals surface area contributed by atoms with Crippen LogP contribution in [0, 0.1) is 11.7 Å². The Balaban J connectivity index is 1.60. The SMILES string of the molecule is CN(C)S(=O)(=O)c1ccc(NC(=O)N2CCCC(C(=O)Nc3ccc(F)cc3)C2)s1. The van der Waals surface area contributed by atoms with Crippen LogP contribution in [0.3, 0.4) is 0 Å². The Labute approximate surface area is 178 Å². The van der Waals surface area contributed by atoms with Crippen LogP contribution in [0.5, 0.6) is 0 Å². The molecule has 30 heavy (non-hydrogen) atoms. The third-order valence-corrected chi connectivity index (χ3v) is 8.02. The number of urea groups is 1. The van der Waals surface area contributed by atoms with Crippen LogP contribution >= 0.6 is 11.3 Å². The first-order chi connectivity index (χ1) is 14.2. The Bertz CT molecular complexity index is 1020. The second kappa shape index (κ2) is 9.11. The standard InChI is InChI=1S/C19H23FN4O4S2/c1-23(2)30(27,28)17-10-9-16(29-17)22-19(26)24-11-3-4-13(12-24)18(25)21-15-7-5-14(20)6-8-15/h5-10,13H,3-4,11-12H2,1-2H3,(H,21,25)(H,22,26). The lowest BCUT2D eigenvalue weighted by Crippen LogP contribution is -2.45. The normalized spacial score (nSPS) is 17.1. The van der Waals surface area contributed by atoms with E-state index in [9.17, 15) is 22.4 Å². The number of anilines is 2. The second-order valence-electron chi connectivity index (χ2n) is 7.12. The first-order valence-corrected chi connectivity index (χ1v) is 11.6. The molecule has 1 unspecified atom stereocenters. The molecule has 1 aliphatic heterocycles. The number of benzene rings is 1. The largest absolute Gasteiger partial charge is 0.326 e. The van der Waals surface area contributed by atoms with E-state index in [-0.39, 0.29) is 34.4 Å². The number of hydrogen-bond donors (Lipinski definition) is 2. The molecular weight excluding hydrogens is 431 g/mol. The van der Waals surface area contributed by atoms with E-state index in [0.717, 1.165) is 15.6 Å². The van der Waals surface area contributed by atoms with Gasteiger partial charge in [0.25, 0.3) is 10.0 Å². The number of halogens is 1. The van der Waals surface area contributed by atoms with Crippen molar-refractivity contribution in [3.8, 4) is 0 Å². The van der Waals surface area contributed by atoms with Crippen molar-refractivity contribution in [2.75, 3.05) is 37.8 Å². The van der Waals surface area contributed by atoms with Gasteiger partial charge in [0.15, 0.2) is 0 Å². The second-order valence-corrected chi connectivity index (χ2v) is 10.6. The molecule has 11 heteroatoms. The van der Waals surface area contributed by atoms with Crippen molar-refractivity contribution in [1.82, 2.24) is 9.21 Å². The topological polar surface area (TPSA) is 98.8 Å². The highest BCUT2D eigenvalue weighted by Crippen LogP contribution is 2.28. The van der Waals surface area contributed by atoms with Gasteiger partial charge < -0.3 is 10.2 Å². The zero-order valence-electron chi connectivity index (χ0n) is 16.6. The van der Waals surface area contributed by atoms with Crippen LogP contribution in [0.2, 0.25) is 0 Å². The summed E-state index contributed by atoms with van der Waals surface area (Å²) >= 11 is 0.972. The highest BCUT2D eigenvalue weighted by Gasteiger charge is 2.29. The van der Waals surface area contributed by atoms with Gasteiger partial charge in [0, 0.05) is 32.9 Å². The fourth-order valence-electron chi connectivity index (χ4n) is 3.04. The van der Waals surface area contributed by atoms with Gasteiger partial charge in [0.1, 0.15) is 10.0 Å². The number of amides is 3. The molecule has 1 aromatic carbocycles. The molecule has 8 nitrogen and oxygen atoms in total. The number of rotatable bonds is 5. The molecule has 2 heterocycles. The molecule has 1 fully saturated rings. The van der Waals surface area contributed by atoms with Crippen molar-refractivity contribution in [3.05, 3.63) is 42.2 Å². The molecule has 1 saturated heterocycles. The van der Waals surface area contributed by atoms with Crippen molar-refractivity contribution >= 4 is 44.0 Å². The number of likely N-dealkylation sites (tertiary alicyclic amines) is 1. The molecule has 1 aromatic heterocycles. The Kier molecular flexibility index (Phi) is 6.74. The summed E-state index contributed by atoms with van der Waals surface area (Å²) in [6, 6.07) is 8.11. The van der Waals surface area contributed by atoms with Gasteiger partial charge in [0.2, 0.25) is 5.91 Å². The Morgan fingerprint density at radius 3 is 2.50 bits per heavy atom. The van der Waals surface area contributed by atoms with Crippen LogP contribution in [0.1, 0.15) is 12.8 Å². The van der Waals surface area contributed by atoms with Crippen molar-refractivity contribution in [2.24, 2.45) is 5.92 Å². The van der Waals surface area contributed by atoms with Crippen LogP contribution in [0.25, 0.3) is 0 Å². The summed E-state index contributed by atoms with van der Waals surface area (Å²) in [5.74, 6) is -0.999. The lowest BCUT2D eigenvalue weighted by atomic mass is 9.97. The van der Waals surface area contributed by atoms with Crippen LogP contribution in [-0.4, -0.2) is 56.7 Å². The van der Waals surface area contributed by atoms with E-state index in [4.69, 9.17) is 0 Å². The van der Waals surface area contributed by atoms with E-state index in [1.54, 1.807) is 6.07 Å². The Morgan fingerprint density at radius 2 is 1.83 bits per heavy atom. The predicted molar refractivity (Wildman–Crippen MR) is 114 cm³/mol. The van der Waals surface area contributed by atoms with E-state index >= 15 is 0 Å². The van der Waals surface area contributed by atoms with Crippen molar-refractivity contribution in [3.63, 3.8) is 0 Å². The van der Waals surface area contributed by atoms with Crippen LogP contribution in [0.4, 0.5) is 19.9 Å². The van der Waals surface area contributed by atoms with E-state index < -0.39 is 10.0 Å². The summed E-state index contributed by atoms with van der Waals surface area (Å²) in [6.45, 7) is 0.744. The van der Waals surface area contributed by atoms with E-state index in [1.807, 2.05) is 0 Å². The van der Waals surface area contributed by atoms with Gasteiger partial charge in [-0.05, 0) is 49.2 Å². The molecule has 0 saturated carbocycles. The average Bonchev–Trinajstić information content (AvgIpc) is 3.19. The minimum atomic E-state index is -3.56. The Morgan fingerprint density at radius 1 is 1.13 bits per heavy atom. The first-order valence-electron chi connectivity index (χ1n) is 9.31. The fraction of sp³-hybridized carbons (Fsp3) is 0.368. The monoisotopic (exact) mass is 454 g/mol. The molecule has 0 radical (unpaired) electrons. The molecule has 1 aliphatic rings. The molecular formula is C19H23FN4O4S2. The lowest BCUT2D eigenvalue weighted by Gasteiger charge is -2.31. The molecule has 3 rings (SSSR count). The van der Waals surface area contributed by atoms with Gasteiger partial charge in [-0.1, -0.05) is 0 Å². The maximum absolute atomic E-state index is 13.0. The Hall–Kier alpha value is -2.50. The average molecular weight is 455 g/mol. The summed E-state index contributed by atoms with van der Waals surface area (Å²) in [5.41, 5.74) is 0.496. The molecule has 3 amide bonds. The quantitative estimate of drug-likeness (QED) is 0.726. The number of hydrogen-bond acceptors (Lipinski definition) is 5. The molecule has 0 spiro atoms. The number of carbonyl (C=O) groups is 2. The van der Waals surface area contributed by atoms with Crippen molar-refractivity contribution in [2.45, 2.75) is 17.1 Å². The maximum Gasteiger partial charge on any atom is 0.322 e. The summed E-state index contributed by atoms with van der Waals surface area (Å²) in [5, 5.41) is 5.87. The highest BCUT2D eigenvalue weighted by atomic mass is 32.2. The van der Waals surface area contributed by atoms with Gasteiger partial charge in [-0.15, -0.1) is 11.3 Å². The number of carbonyl (C=O) groups excluding carboxylic acids is 2.